The van der Waals surface area contributed by atoms with Crippen LogP contribution in [-0.4, -0.2) is 0 Å². The van der Waals surface area contributed by atoms with Crippen molar-refractivity contribution in [3.05, 3.63) is 33.8 Å². The molecule has 1 unspecified atom stereocenters. The molecule has 2 N–H and O–H groups in total. The molecule has 1 atom stereocenters. The third kappa shape index (κ3) is 4.32. The highest BCUT2D eigenvalue weighted by Crippen LogP contribution is 2.26. The van der Waals surface area contributed by atoms with Crippen LogP contribution in [0.5, 0.6) is 0 Å². The van der Waals surface area contributed by atoms with Crippen molar-refractivity contribution in [1.29, 1.82) is 0 Å². The third-order valence-electron chi connectivity index (χ3n) is 2.67. The summed E-state index contributed by atoms with van der Waals surface area (Å²) < 4.78 is 0. The average molecular weight is 260 g/mol. The van der Waals surface area contributed by atoms with Crippen LogP contribution >= 0.6 is 23.2 Å². The highest BCUT2D eigenvalue weighted by atomic mass is 35.5. The minimum atomic E-state index is 0.0634. The van der Waals surface area contributed by atoms with Gasteiger partial charge in [0.15, 0.2) is 0 Å². The molecule has 90 valence electrons. The van der Waals surface area contributed by atoms with E-state index in [0.717, 1.165) is 24.3 Å². The van der Waals surface area contributed by atoms with Gasteiger partial charge in [-0.1, -0.05) is 56.0 Å². The maximum atomic E-state index is 6.10. The Hall–Kier alpha value is -0.240. The average Bonchev–Trinajstić information content (AvgIpc) is 2.21. The molecule has 0 amide bonds. The Balaban J connectivity index is 2.52. The fourth-order valence-corrected chi connectivity index (χ4v) is 1.96. The Morgan fingerprint density at radius 3 is 2.38 bits per heavy atom. The smallest absolute Gasteiger partial charge is 0.0595 e. The van der Waals surface area contributed by atoms with Crippen LogP contribution in [0, 0.1) is 5.92 Å². The van der Waals surface area contributed by atoms with Crippen molar-refractivity contribution in [2.75, 3.05) is 0 Å². The summed E-state index contributed by atoms with van der Waals surface area (Å²) in [6.45, 7) is 4.45. The second kappa shape index (κ2) is 6.48. The monoisotopic (exact) mass is 259 g/mol. The standard InChI is InChI=1S/C13H19Cl2N/c1-9(2)4-3-5-13(16)10-6-7-11(14)12(15)8-10/h6-9,13H,3-5,16H2,1-2H3. The number of hydrogen-bond acceptors (Lipinski definition) is 1. The SMILES string of the molecule is CC(C)CCCC(N)c1ccc(Cl)c(Cl)c1. The molecule has 0 spiro atoms. The van der Waals surface area contributed by atoms with E-state index in [-0.39, 0.29) is 6.04 Å². The zero-order chi connectivity index (χ0) is 12.1. The van der Waals surface area contributed by atoms with E-state index in [9.17, 15) is 0 Å². The Labute approximate surface area is 108 Å². The van der Waals surface area contributed by atoms with Gasteiger partial charge in [-0.3, -0.25) is 0 Å². The highest BCUT2D eigenvalue weighted by molar-refractivity contribution is 6.42. The van der Waals surface area contributed by atoms with Crippen molar-refractivity contribution < 1.29 is 0 Å². The number of benzene rings is 1. The van der Waals surface area contributed by atoms with E-state index in [4.69, 9.17) is 28.9 Å². The van der Waals surface area contributed by atoms with E-state index in [1.165, 1.54) is 6.42 Å². The Morgan fingerprint density at radius 2 is 1.81 bits per heavy atom. The van der Waals surface area contributed by atoms with Crippen molar-refractivity contribution in [3.63, 3.8) is 0 Å². The van der Waals surface area contributed by atoms with E-state index in [2.05, 4.69) is 13.8 Å². The lowest BCUT2D eigenvalue weighted by atomic mass is 9.99. The predicted octanol–water partition coefficient (Wildman–Crippen LogP) is 4.82. The number of halogens is 2. The van der Waals surface area contributed by atoms with Crippen LogP contribution in [0.4, 0.5) is 0 Å². The van der Waals surface area contributed by atoms with Crippen molar-refractivity contribution in [1.82, 2.24) is 0 Å². The second-order valence-electron chi connectivity index (χ2n) is 4.60. The van der Waals surface area contributed by atoms with Gasteiger partial charge in [0.05, 0.1) is 10.0 Å². The molecular formula is C13H19Cl2N. The van der Waals surface area contributed by atoms with Crippen molar-refractivity contribution >= 4 is 23.2 Å². The van der Waals surface area contributed by atoms with Gasteiger partial charge < -0.3 is 5.73 Å². The number of hydrogen-bond donors (Lipinski definition) is 1. The summed E-state index contributed by atoms with van der Waals surface area (Å²) in [7, 11) is 0. The molecule has 0 radical (unpaired) electrons. The summed E-state index contributed by atoms with van der Waals surface area (Å²) >= 11 is 11.8. The number of rotatable bonds is 5. The van der Waals surface area contributed by atoms with E-state index in [1.54, 1.807) is 0 Å². The van der Waals surface area contributed by atoms with Crippen molar-refractivity contribution in [2.24, 2.45) is 11.7 Å². The first-order valence-electron chi connectivity index (χ1n) is 5.71. The molecule has 1 nitrogen and oxygen atoms in total. The lowest BCUT2D eigenvalue weighted by Crippen LogP contribution is -2.10. The van der Waals surface area contributed by atoms with Crippen molar-refractivity contribution in [3.8, 4) is 0 Å². The molecule has 0 fully saturated rings. The Kier molecular flexibility index (Phi) is 5.60. The molecule has 0 heterocycles. The highest BCUT2D eigenvalue weighted by Gasteiger charge is 2.08. The second-order valence-corrected chi connectivity index (χ2v) is 5.42. The van der Waals surface area contributed by atoms with Crippen LogP contribution < -0.4 is 5.73 Å². The van der Waals surface area contributed by atoms with Crippen LogP contribution in [-0.2, 0) is 0 Å². The van der Waals surface area contributed by atoms with E-state index >= 15 is 0 Å². The summed E-state index contributed by atoms with van der Waals surface area (Å²) in [5, 5.41) is 1.17. The number of nitrogens with two attached hydrogens (primary N) is 1. The van der Waals surface area contributed by atoms with Gasteiger partial charge >= 0.3 is 0 Å². The summed E-state index contributed by atoms with van der Waals surface area (Å²) in [5.41, 5.74) is 7.17. The van der Waals surface area contributed by atoms with Gasteiger partial charge in [-0.25, -0.2) is 0 Å². The molecule has 0 aliphatic heterocycles. The maximum Gasteiger partial charge on any atom is 0.0595 e. The lowest BCUT2D eigenvalue weighted by molar-refractivity contribution is 0.505. The zero-order valence-electron chi connectivity index (χ0n) is 9.84. The lowest BCUT2D eigenvalue weighted by Gasteiger charge is -2.13. The zero-order valence-corrected chi connectivity index (χ0v) is 11.4. The summed E-state index contributed by atoms with van der Waals surface area (Å²) in [6, 6.07) is 5.69. The van der Waals surface area contributed by atoms with Crippen LogP contribution in [0.3, 0.4) is 0 Å². The first-order valence-corrected chi connectivity index (χ1v) is 6.47. The van der Waals surface area contributed by atoms with Crippen LogP contribution in [0.15, 0.2) is 18.2 Å². The molecule has 16 heavy (non-hydrogen) atoms. The molecule has 0 aromatic heterocycles. The maximum absolute atomic E-state index is 6.10. The quantitative estimate of drug-likeness (QED) is 0.807. The Morgan fingerprint density at radius 1 is 1.12 bits per heavy atom. The van der Waals surface area contributed by atoms with Gasteiger partial charge in [-0.15, -0.1) is 0 Å². The fraction of sp³-hybridized carbons (Fsp3) is 0.538. The normalized spacial score (nSPS) is 13.1. The van der Waals surface area contributed by atoms with Gasteiger partial charge in [0.2, 0.25) is 0 Å². The molecule has 1 rings (SSSR count). The topological polar surface area (TPSA) is 26.0 Å². The first-order chi connectivity index (χ1) is 7.50. The van der Waals surface area contributed by atoms with Crippen LogP contribution in [0.1, 0.15) is 44.7 Å². The van der Waals surface area contributed by atoms with Gasteiger partial charge in [0, 0.05) is 6.04 Å². The molecule has 0 aliphatic rings. The minimum Gasteiger partial charge on any atom is -0.324 e. The predicted molar refractivity (Wildman–Crippen MR) is 72.1 cm³/mol. The van der Waals surface area contributed by atoms with E-state index in [0.29, 0.717) is 10.0 Å². The summed E-state index contributed by atoms with van der Waals surface area (Å²) in [4.78, 5) is 0. The first kappa shape index (κ1) is 13.8. The van der Waals surface area contributed by atoms with Crippen LogP contribution in [0.25, 0.3) is 0 Å². The van der Waals surface area contributed by atoms with Crippen LogP contribution in [0.2, 0.25) is 10.0 Å². The minimum absolute atomic E-state index is 0.0634. The summed E-state index contributed by atoms with van der Waals surface area (Å²) in [5.74, 6) is 0.737. The molecule has 1 aromatic rings. The Bertz CT molecular complexity index is 337. The molecule has 0 saturated heterocycles. The molecule has 1 aromatic carbocycles. The third-order valence-corrected chi connectivity index (χ3v) is 3.41. The fourth-order valence-electron chi connectivity index (χ4n) is 1.66. The summed E-state index contributed by atoms with van der Waals surface area (Å²) in [6.07, 6.45) is 3.37. The van der Waals surface area contributed by atoms with Crippen molar-refractivity contribution in [2.45, 2.75) is 39.2 Å². The van der Waals surface area contributed by atoms with Gasteiger partial charge in [-0.05, 0) is 30.0 Å². The molecule has 0 aliphatic carbocycles. The molecule has 0 bridgehead atoms. The van der Waals surface area contributed by atoms with Gasteiger partial charge in [-0.2, -0.15) is 0 Å². The molecular weight excluding hydrogens is 241 g/mol. The van der Waals surface area contributed by atoms with Gasteiger partial charge in [0.1, 0.15) is 0 Å². The molecule has 3 heteroatoms. The largest absolute Gasteiger partial charge is 0.324 e. The van der Waals surface area contributed by atoms with E-state index < -0.39 is 0 Å². The van der Waals surface area contributed by atoms with Gasteiger partial charge in [0.25, 0.3) is 0 Å². The van der Waals surface area contributed by atoms with E-state index in [1.807, 2.05) is 18.2 Å². The molecule has 0 saturated carbocycles.